The summed E-state index contributed by atoms with van der Waals surface area (Å²) >= 11 is 1.85. The number of aromatic nitrogens is 2. The van der Waals surface area contributed by atoms with Gasteiger partial charge in [0.05, 0.1) is 44.6 Å². The molecular formula is C44H24N4S. The number of benzene rings is 7. The van der Waals surface area contributed by atoms with Gasteiger partial charge >= 0.3 is 0 Å². The van der Waals surface area contributed by atoms with Crippen molar-refractivity contribution in [2.24, 2.45) is 0 Å². The molecule has 7 aromatic carbocycles. The maximum absolute atomic E-state index is 10.5. The second-order valence-corrected chi connectivity index (χ2v) is 13.4. The average Bonchev–Trinajstić information content (AvgIpc) is 3.82. The van der Waals surface area contributed by atoms with Crippen LogP contribution in [0.4, 0.5) is 5.69 Å². The number of nitrogens with zero attached hydrogens (tertiary/aromatic N) is 4. The summed E-state index contributed by atoms with van der Waals surface area (Å²) in [6.07, 6.45) is 0. The molecular weight excluding hydrogens is 617 g/mol. The molecule has 0 unspecified atom stereocenters. The molecule has 0 atom stereocenters. The zero-order chi connectivity index (χ0) is 32.6. The zero-order valence-corrected chi connectivity index (χ0v) is 26.9. The summed E-state index contributed by atoms with van der Waals surface area (Å²) in [5, 5.41) is 17.5. The molecule has 0 saturated carbocycles. The molecule has 0 aliphatic rings. The Bertz CT molecular complexity index is 3070. The van der Waals surface area contributed by atoms with Crippen LogP contribution in [0, 0.1) is 17.9 Å². The van der Waals surface area contributed by atoms with Gasteiger partial charge in [0.15, 0.2) is 5.69 Å². The SMILES string of the molecule is [C-]#[N+]c1ccc2c(c1)c1ccccc1n2-c1c(C#N)cccc1-c1ccc2c(c1)c1ccc3c4ccccc4sc3c1n2-c1ccccc1. The Morgan fingerprint density at radius 2 is 1.29 bits per heavy atom. The third kappa shape index (κ3) is 3.88. The zero-order valence-electron chi connectivity index (χ0n) is 26.1. The number of nitriles is 1. The Morgan fingerprint density at radius 1 is 0.571 bits per heavy atom. The van der Waals surface area contributed by atoms with Gasteiger partial charge in [-0.25, -0.2) is 4.85 Å². The van der Waals surface area contributed by atoms with Crippen LogP contribution in [0.2, 0.25) is 0 Å². The first kappa shape index (κ1) is 27.5. The fourth-order valence-electron chi connectivity index (χ4n) is 7.67. The second kappa shape index (κ2) is 10.4. The maximum Gasteiger partial charge on any atom is 0.188 e. The first-order valence-corrected chi connectivity index (χ1v) is 16.9. The summed E-state index contributed by atoms with van der Waals surface area (Å²) in [5.74, 6) is 0. The van der Waals surface area contributed by atoms with Gasteiger partial charge in [-0.05, 0) is 65.5 Å². The third-order valence-corrected chi connectivity index (χ3v) is 11.0. The average molecular weight is 641 g/mol. The highest BCUT2D eigenvalue weighted by molar-refractivity contribution is 7.26. The standard InChI is InChI=1S/C44H24N4S/c1-46-29-19-23-40-37(25-29)32-13-5-7-16-38(32)48(40)42-28(26-45)10-9-15-31(42)27-18-22-39-36(24-27)34-20-21-35-33-14-6-8-17-41(33)49-44(35)43(34)47(39)30-11-3-2-4-12-30/h2-25H. The minimum Gasteiger partial charge on any atom is -0.308 e. The molecule has 0 spiro atoms. The molecule has 5 heteroatoms. The number of para-hydroxylation sites is 3. The Hall–Kier alpha value is -6.66. The minimum absolute atomic E-state index is 0.591. The van der Waals surface area contributed by atoms with Crippen molar-refractivity contribution in [1.82, 2.24) is 9.13 Å². The van der Waals surface area contributed by atoms with Gasteiger partial charge in [0, 0.05) is 42.9 Å². The fourth-order valence-corrected chi connectivity index (χ4v) is 8.91. The normalized spacial score (nSPS) is 11.6. The highest BCUT2D eigenvalue weighted by Crippen LogP contribution is 2.45. The van der Waals surface area contributed by atoms with Crippen LogP contribution in [-0.2, 0) is 0 Å². The van der Waals surface area contributed by atoms with Gasteiger partial charge < -0.3 is 9.13 Å². The van der Waals surface area contributed by atoms with E-state index in [1.165, 1.54) is 31.1 Å². The van der Waals surface area contributed by atoms with E-state index < -0.39 is 0 Å². The van der Waals surface area contributed by atoms with Crippen LogP contribution in [0.25, 0.3) is 91.1 Å². The van der Waals surface area contributed by atoms with Gasteiger partial charge in [-0.2, -0.15) is 5.26 Å². The van der Waals surface area contributed by atoms with Crippen LogP contribution in [-0.4, -0.2) is 9.13 Å². The van der Waals surface area contributed by atoms with Crippen molar-refractivity contribution in [3.8, 4) is 28.6 Å². The van der Waals surface area contributed by atoms with Crippen LogP contribution in [0.1, 0.15) is 5.56 Å². The molecule has 3 aromatic heterocycles. The predicted molar refractivity (Wildman–Crippen MR) is 204 cm³/mol. The second-order valence-electron chi connectivity index (χ2n) is 12.3. The Morgan fingerprint density at radius 3 is 2.14 bits per heavy atom. The Kier molecular flexibility index (Phi) is 5.84. The van der Waals surface area contributed by atoms with Crippen LogP contribution in [0.15, 0.2) is 146 Å². The Labute approximate surface area is 285 Å². The fraction of sp³-hybridized carbons (Fsp3) is 0. The van der Waals surface area contributed by atoms with Crippen LogP contribution in [0.3, 0.4) is 0 Å². The number of hydrogen-bond donors (Lipinski definition) is 0. The maximum atomic E-state index is 10.5. The summed E-state index contributed by atoms with van der Waals surface area (Å²) in [6, 6.07) is 53.1. The molecule has 49 heavy (non-hydrogen) atoms. The topological polar surface area (TPSA) is 38.0 Å². The highest BCUT2D eigenvalue weighted by Gasteiger charge is 2.22. The lowest BCUT2D eigenvalue weighted by Crippen LogP contribution is -2.01. The molecule has 4 nitrogen and oxygen atoms in total. The molecule has 0 N–H and O–H groups in total. The van der Waals surface area contributed by atoms with Gasteiger partial charge in [-0.1, -0.05) is 91.0 Å². The van der Waals surface area contributed by atoms with E-state index in [0.29, 0.717) is 11.3 Å². The van der Waals surface area contributed by atoms with Gasteiger partial charge in [0.1, 0.15) is 6.07 Å². The first-order chi connectivity index (χ1) is 24.2. The summed E-state index contributed by atoms with van der Waals surface area (Å²) in [4.78, 5) is 3.70. The van der Waals surface area contributed by atoms with E-state index >= 15 is 0 Å². The number of fused-ring (bicyclic) bond motifs is 10. The summed E-state index contributed by atoms with van der Waals surface area (Å²) < 4.78 is 7.16. The molecule has 3 heterocycles. The Balaban J connectivity index is 1.30. The van der Waals surface area contributed by atoms with Gasteiger partial charge in [-0.15, -0.1) is 11.3 Å². The first-order valence-electron chi connectivity index (χ1n) is 16.1. The molecule has 0 bridgehead atoms. The molecule has 226 valence electrons. The van der Waals surface area contributed by atoms with E-state index in [4.69, 9.17) is 6.57 Å². The van der Waals surface area contributed by atoms with Crippen molar-refractivity contribution in [3.63, 3.8) is 0 Å². The summed E-state index contributed by atoms with van der Waals surface area (Å²) in [6.45, 7) is 7.64. The van der Waals surface area contributed by atoms with Crippen LogP contribution >= 0.6 is 11.3 Å². The molecule has 0 aliphatic carbocycles. The molecule has 0 aliphatic heterocycles. The van der Waals surface area contributed by atoms with E-state index in [2.05, 4.69) is 123 Å². The van der Waals surface area contributed by atoms with Crippen LogP contribution in [0.5, 0.6) is 0 Å². The lowest BCUT2D eigenvalue weighted by molar-refractivity contribution is 1.17. The highest BCUT2D eigenvalue weighted by atomic mass is 32.1. The van der Waals surface area contributed by atoms with Gasteiger partial charge in [0.2, 0.25) is 0 Å². The lowest BCUT2D eigenvalue weighted by Gasteiger charge is -2.16. The van der Waals surface area contributed by atoms with Crippen molar-refractivity contribution in [2.75, 3.05) is 0 Å². The van der Waals surface area contributed by atoms with Crippen molar-refractivity contribution in [3.05, 3.63) is 163 Å². The van der Waals surface area contributed by atoms with E-state index in [1.54, 1.807) is 0 Å². The van der Waals surface area contributed by atoms with E-state index in [-0.39, 0.29) is 0 Å². The number of thiophene rings is 1. The largest absolute Gasteiger partial charge is 0.308 e. The lowest BCUT2D eigenvalue weighted by atomic mass is 9.98. The van der Waals surface area contributed by atoms with E-state index in [1.807, 2.05) is 53.8 Å². The van der Waals surface area contributed by atoms with Crippen molar-refractivity contribution < 1.29 is 0 Å². The summed E-state index contributed by atoms with van der Waals surface area (Å²) in [7, 11) is 0. The van der Waals surface area contributed by atoms with Crippen LogP contribution < -0.4 is 0 Å². The monoisotopic (exact) mass is 640 g/mol. The van der Waals surface area contributed by atoms with Crippen molar-refractivity contribution in [2.45, 2.75) is 0 Å². The van der Waals surface area contributed by atoms with Crippen molar-refractivity contribution in [1.29, 1.82) is 5.26 Å². The molecule has 10 rings (SSSR count). The molecule has 0 amide bonds. The van der Waals surface area contributed by atoms with Gasteiger partial charge in [-0.3, -0.25) is 0 Å². The van der Waals surface area contributed by atoms with Crippen molar-refractivity contribution >= 4 is 80.8 Å². The minimum atomic E-state index is 0.591. The molecule has 0 saturated heterocycles. The predicted octanol–water partition coefficient (Wildman–Crippen LogP) is 12.3. The molecule has 0 fully saturated rings. The molecule has 10 aromatic rings. The van der Waals surface area contributed by atoms with Gasteiger partial charge in [0.25, 0.3) is 0 Å². The van der Waals surface area contributed by atoms with E-state index in [0.717, 1.165) is 55.2 Å². The number of hydrogen-bond acceptors (Lipinski definition) is 2. The number of rotatable bonds is 3. The summed E-state index contributed by atoms with van der Waals surface area (Å²) in [5.41, 5.74) is 9.46. The third-order valence-electron chi connectivity index (χ3n) is 9.76. The molecule has 0 radical (unpaired) electrons. The quantitative estimate of drug-likeness (QED) is 0.177. The smallest absolute Gasteiger partial charge is 0.188 e. The van der Waals surface area contributed by atoms with E-state index in [9.17, 15) is 5.26 Å².